The number of hydrogen-bond acceptors (Lipinski definition) is 3. The lowest BCUT2D eigenvalue weighted by Crippen LogP contribution is -2.28. The molecule has 2 aliphatic heterocycles. The van der Waals surface area contributed by atoms with Crippen LogP contribution in [0.3, 0.4) is 0 Å². The predicted octanol–water partition coefficient (Wildman–Crippen LogP) is 2.18. The molecule has 0 aromatic rings. The molecule has 0 radical (unpaired) electrons. The summed E-state index contributed by atoms with van der Waals surface area (Å²) in [6, 6.07) is 0. The highest BCUT2D eigenvalue weighted by molar-refractivity contribution is 5.68. The fourth-order valence-electron chi connectivity index (χ4n) is 3.15. The van der Waals surface area contributed by atoms with Gasteiger partial charge in [0.15, 0.2) is 0 Å². The predicted molar refractivity (Wildman–Crippen MR) is 66.2 cm³/mol. The molecule has 2 saturated heterocycles. The van der Waals surface area contributed by atoms with Crippen molar-refractivity contribution >= 4 is 12.3 Å². The van der Waals surface area contributed by atoms with Gasteiger partial charge in [-0.05, 0) is 38.0 Å². The summed E-state index contributed by atoms with van der Waals surface area (Å²) in [4.78, 5) is 21.4. The summed E-state index contributed by atoms with van der Waals surface area (Å²) in [6.45, 7) is 0. The van der Waals surface area contributed by atoms with Gasteiger partial charge in [-0.25, -0.2) is 0 Å². The minimum absolute atomic E-state index is 0.0896. The van der Waals surface area contributed by atoms with Crippen LogP contribution in [0.25, 0.3) is 0 Å². The molecule has 2 aliphatic rings. The number of carbonyl (C=O) groups is 2. The molecule has 4 heteroatoms. The lowest BCUT2D eigenvalue weighted by Gasteiger charge is -2.23. The number of carboxylic acid groups (broad SMARTS) is 1. The zero-order chi connectivity index (χ0) is 13.0. The van der Waals surface area contributed by atoms with E-state index in [4.69, 9.17) is 9.84 Å². The second-order valence-corrected chi connectivity index (χ2v) is 5.17. The van der Waals surface area contributed by atoms with Crippen LogP contribution in [0.15, 0.2) is 12.2 Å². The van der Waals surface area contributed by atoms with E-state index in [2.05, 4.69) is 0 Å². The number of carbonyl (C=O) groups excluding carboxylic acids is 1. The number of ether oxygens (including phenoxy) is 1. The first-order valence-electron chi connectivity index (χ1n) is 6.70. The second-order valence-electron chi connectivity index (χ2n) is 5.17. The van der Waals surface area contributed by atoms with Crippen molar-refractivity contribution in [1.29, 1.82) is 0 Å². The molecule has 0 saturated carbocycles. The van der Waals surface area contributed by atoms with Crippen molar-refractivity contribution < 1.29 is 19.4 Å². The lowest BCUT2D eigenvalue weighted by atomic mass is 9.77. The third-order valence-corrected chi connectivity index (χ3v) is 4.01. The van der Waals surface area contributed by atoms with Crippen LogP contribution in [-0.2, 0) is 14.3 Å². The molecule has 18 heavy (non-hydrogen) atoms. The Morgan fingerprint density at radius 1 is 1.28 bits per heavy atom. The third-order valence-electron chi connectivity index (χ3n) is 4.01. The summed E-state index contributed by atoms with van der Waals surface area (Å²) in [5.74, 6) is -0.324. The van der Waals surface area contributed by atoms with E-state index in [0.29, 0.717) is 5.92 Å². The van der Waals surface area contributed by atoms with E-state index in [9.17, 15) is 9.59 Å². The number of hydrogen-bond donors (Lipinski definition) is 1. The van der Waals surface area contributed by atoms with Gasteiger partial charge >= 0.3 is 5.97 Å². The van der Waals surface area contributed by atoms with Crippen molar-refractivity contribution in [3.05, 3.63) is 12.2 Å². The number of rotatable bonds is 7. The van der Waals surface area contributed by atoms with E-state index in [1.54, 1.807) is 6.08 Å². The van der Waals surface area contributed by atoms with Gasteiger partial charge in [-0.15, -0.1) is 0 Å². The molecule has 1 N–H and O–H groups in total. The lowest BCUT2D eigenvalue weighted by molar-refractivity contribution is -0.136. The van der Waals surface area contributed by atoms with Crippen molar-refractivity contribution in [1.82, 2.24) is 0 Å². The van der Waals surface area contributed by atoms with Gasteiger partial charge in [-0.3, -0.25) is 4.79 Å². The molecule has 2 fully saturated rings. The average Bonchev–Trinajstić information content (AvgIpc) is 2.93. The maximum Gasteiger partial charge on any atom is 0.307 e. The van der Waals surface area contributed by atoms with Crippen LogP contribution in [0.5, 0.6) is 0 Å². The van der Waals surface area contributed by atoms with E-state index in [0.717, 1.165) is 38.4 Å². The van der Waals surface area contributed by atoms with E-state index >= 15 is 0 Å². The van der Waals surface area contributed by atoms with Gasteiger partial charge in [-0.2, -0.15) is 0 Å². The first-order chi connectivity index (χ1) is 8.72. The van der Waals surface area contributed by atoms with Crippen LogP contribution in [0.1, 0.15) is 38.5 Å². The fourth-order valence-corrected chi connectivity index (χ4v) is 3.15. The van der Waals surface area contributed by atoms with Crippen LogP contribution in [0, 0.1) is 11.8 Å². The molecule has 0 amide bonds. The molecule has 0 unspecified atom stereocenters. The molecule has 100 valence electrons. The molecule has 4 atom stereocenters. The van der Waals surface area contributed by atoms with Gasteiger partial charge in [0.2, 0.25) is 0 Å². The SMILES string of the molecule is O=C[C@@H]1[C@H](CCCC=CCC(=O)O)[C@@H]2CC[C@H]1O2. The van der Waals surface area contributed by atoms with Crippen molar-refractivity contribution in [2.45, 2.75) is 50.7 Å². The number of carboxylic acids is 1. The molecule has 0 aliphatic carbocycles. The van der Waals surface area contributed by atoms with E-state index in [1.807, 2.05) is 6.08 Å². The number of fused-ring (bicyclic) bond motifs is 2. The van der Waals surface area contributed by atoms with Crippen LogP contribution in [-0.4, -0.2) is 29.6 Å². The van der Waals surface area contributed by atoms with Crippen molar-refractivity contribution in [2.75, 3.05) is 0 Å². The Labute approximate surface area is 107 Å². The van der Waals surface area contributed by atoms with Gasteiger partial charge in [0.05, 0.1) is 18.6 Å². The largest absolute Gasteiger partial charge is 0.481 e. The highest BCUT2D eigenvalue weighted by atomic mass is 16.5. The summed E-state index contributed by atoms with van der Waals surface area (Å²) in [5, 5.41) is 8.47. The molecule has 2 rings (SSSR count). The summed E-state index contributed by atoms with van der Waals surface area (Å²) in [5.41, 5.74) is 0. The number of unbranched alkanes of at least 4 members (excludes halogenated alkanes) is 1. The standard InChI is InChI=1S/C14H20O4/c15-9-11-10(12-7-8-13(11)18-12)5-3-1-2-4-6-14(16)17/h2,4,9-13H,1,3,5-8H2,(H,16,17)/t10-,11+,12-,13+/m0/s1. The van der Waals surface area contributed by atoms with Gasteiger partial charge in [-0.1, -0.05) is 12.2 Å². The van der Waals surface area contributed by atoms with Crippen molar-refractivity contribution in [3.63, 3.8) is 0 Å². The second kappa shape index (κ2) is 6.14. The average molecular weight is 252 g/mol. The molecular formula is C14H20O4. The fraction of sp³-hybridized carbons (Fsp3) is 0.714. The third kappa shape index (κ3) is 2.99. The van der Waals surface area contributed by atoms with Gasteiger partial charge < -0.3 is 14.6 Å². The number of aldehydes is 1. The smallest absolute Gasteiger partial charge is 0.307 e. The number of aliphatic carboxylic acids is 1. The molecule has 2 bridgehead atoms. The van der Waals surface area contributed by atoms with Gasteiger partial charge in [0, 0.05) is 5.92 Å². The Bertz CT molecular complexity index is 337. The molecule has 0 aromatic heterocycles. The van der Waals surface area contributed by atoms with E-state index < -0.39 is 5.97 Å². The van der Waals surface area contributed by atoms with E-state index in [-0.39, 0.29) is 24.5 Å². The van der Waals surface area contributed by atoms with Crippen molar-refractivity contribution in [2.24, 2.45) is 11.8 Å². The minimum Gasteiger partial charge on any atom is -0.481 e. The Morgan fingerprint density at radius 2 is 2.06 bits per heavy atom. The molecule has 2 heterocycles. The summed E-state index contributed by atoms with van der Waals surface area (Å²) in [7, 11) is 0. The van der Waals surface area contributed by atoms with Crippen LogP contribution < -0.4 is 0 Å². The zero-order valence-corrected chi connectivity index (χ0v) is 10.5. The first-order valence-corrected chi connectivity index (χ1v) is 6.70. The Balaban J connectivity index is 1.69. The quantitative estimate of drug-likeness (QED) is 0.428. The number of allylic oxidation sites excluding steroid dienone is 1. The highest BCUT2D eigenvalue weighted by Gasteiger charge is 2.48. The molecule has 0 aromatic carbocycles. The maximum atomic E-state index is 11.1. The summed E-state index contributed by atoms with van der Waals surface area (Å²) >= 11 is 0. The Hall–Kier alpha value is -1.16. The summed E-state index contributed by atoms with van der Waals surface area (Å²) < 4.78 is 5.77. The minimum atomic E-state index is -0.797. The maximum absolute atomic E-state index is 11.1. The normalized spacial score (nSPS) is 34.2. The zero-order valence-electron chi connectivity index (χ0n) is 10.5. The molecule has 0 spiro atoms. The Morgan fingerprint density at radius 3 is 2.78 bits per heavy atom. The molecule has 4 nitrogen and oxygen atoms in total. The highest BCUT2D eigenvalue weighted by Crippen LogP contribution is 2.44. The summed E-state index contributed by atoms with van der Waals surface area (Å²) in [6.07, 6.45) is 10.2. The van der Waals surface area contributed by atoms with Crippen LogP contribution in [0.4, 0.5) is 0 Å². The monoisotopic (exact) mass is 252 g/mol. The Kier molecular flexibility index (Phi) is 4.53. The molecular weight excluding hydrogens is 232 g/mol. The van der Waals surface area contributed by atoms with Crippen LogP contribution in [0.2, 0.25) is 0 Å². The van der Waals surface area contributed by atoms with Gasteiger partial charge in [0.1, 0.15) is 6.29 Å². The first kappa shape index (κ1) is 13.3. The topological polar surface area (TPSA) is 63.6 Å². The van der Waals surface area contributed by atoms with Gasteiger partial charge in [0.25, 0.3) is 0 Å². The van der Waals surface area contributed by atoms with Crippen LogP contribution >= 0.6 is 0 Å². The van der Waals surface area contributed by atoms with Crippen molar-refractivity contribution in [3.8, 4) is 0 Å². The van der Waals surface area contributed by atoms with E-state index in [1.165, 1.54) is 0 Å².